The summed E-state index contributed by atoms with van der Waals surface area (Å²) < 4.78 is 1.18. The second kappa shape index (κ2) is 5.70. The van der Waals surface area contributed by atoms with Crippen LogP contribution >= 0.6 is 27.3 Å². The third-order valence-electron chi connectivity index (χ3n) is 3.73. The molecular weight excluding hydrogens is 310 g/mol. The summed E-state index contributed by atoms with van der Waals surface area (Å²) in [6.07, 6.45) is 3.67. The molecule has 0 atom stereocenters. The highest BCUT2D eigenvalue weighted by Gasteiger charge is 2.33. The van der Waals surface area contributed by atoms with Crippen molar-refractivity contribution < 1.29 is 0 Å². The molecule has 0 amide bonds. The topological polar surface area (TPSA) is 53.0 Å². The van der Waals surface area contributed by atoms with Crippen LogP contribution in [0, 0.1) is 11.3 Å². The first-order chi connectivity index (χ1) is 8.52. The summed E-state index contributed by atoms with van der Waals surface area (Å²) in [7, 11) is 2.16. The van der Waals surface area contributed by atoms with Gasteiger partial charge in [-0.2, -0.15) is 5.26 Å². The highest BCUT2D eigenvalue weighted by Crippen LogP contribution is 2.30. The fourth-order valence-electron chi connectivity index (χ4n) is 2.48. The molecule has 0 aliphatic heterocycles. The lowest BCUT2D eigenvalue weighted by atomic mass is 9.81. The molecule has 98 valence electrons. The molecule has 0 radical (unpaired) electrons. The van der Waals surface area contributed by atoms with Crippen LogP contribution in [0.15, 0.2) is 15.9 Å². The van der Waals surface area contributed by atoms with E-state index < -0.39 is 5.54 Å². The maximum absolute atomic E-state index is 9.02. The van der Waals surface area contributed by atoms with Gasteiger partial charge in [0.2, 0.25) is 0 Å². The molecule has 0 aromatic carbocycles. The van der Waals surface area contributed by atoms with Gasteiger partial charge in [0.15, 0.2) is 0 Å². The Labute approximate surface area is 121 Å². The molecule has 1 heterocycles. The van der Waals surface area contributed by atoms with Gasteiger partial charge in [-0.25, -0.2) is 0 Å². The van der Waals surface area contributed by atoms with E-state index in [9.17, 15) is 0 Å². The van der Waals surface area contributed by atoms with Gasteiger partial charge in [0.05, 0.1) is 9.86 Å². The third-order valence-corrected chi connectivity index (χ3v) is 5.34. The standard InChI is InChI=1S/C13H18BrN3S/c1-17(8-11-2-3-12(14)18-11)10-4-6-13(16,9-15)7-5-10/h2-3,10H,4-8,16H2,1H3. The van der Waals surface area contributed by atoms with E-state index in [-0.39, 0.29) is 0 Å². The molecule has 1 fully saturated rings. The van der Waals surface area contributed by atoms with Gasteiger partial charge in [-0.05, 0) is 60.8 Å². The van der Waals surface area contributed by atoms with Gasteiger partial charge in [-0.15, -0.1) is 11.3 Å². The van der Waals surface area contributed by atoms with E-state index in [1.165, 1.54) is 8.66 Å². The average molecular weight is 328 g/mol. The fraction of sp³-hybridized carbons (Fsp3) is 0.615. The van der Waals surface area contributed by atoms with Gasteiger partial charge in [0.25, 0.3) is 0 Å². The first-order valence-corrected chi connectivity index (χ1v) is 7.78. The first-order valence-electron chi connectivity index (χ1n) is 6.17. The summed E-state index contributed by atoms with van der Waals surface area (Å²) in [6.45, 7) is 0.977. The number of hydrogen-bond acceptors (Lipinski definition) is 4. The number of hydrogen-bond donors (Lipinski definition) is 1. The van der Waals surface area contributed by atoms with Crippen LogP contribution in [0.3, 0.4) is 0 Å². The first kappa shape index (κ1) is 14.0. The Morgan fingerprint density at radius 2 is 2.22 bits per heavy atom. The monoisotopic (exact) mass is 327 g/mol. The molecule has 18 heavy (non-hydrogen) atoms. The van der Waals surface area contributed by atoms with Gasteiger partial charge >= 0.3 is 0 Å². The van der Waals surface area contributed by atoms with Crippen LogP contribution in [0.25, 0.3) is 0 Å². The van der Waals surface area contributed by atoms with Gasteiger partial charge in [0.1, 0.15) is 5.54 Å². The van der Waals surface area contributed by atoms with Crippen LogP contribution in [-0.4, -0.2) is 23.5 Å². The van der Waals surface area contributed by atoms with E-state index in [1.807, 2.05) is 0 Å². The quantitative estimate of drug-likeness (QED) is 0.928. The van der Waals surface area contributed by atoms with E-state index in [1.54, 1.807) is 11.3 Å². The van der Waals surface area contributed by atoms with Crippen LogP contribution in [-0.2, 0) is 6.54 Å². The zero-order chi connectivity index (χ0) is 13.2. The normalized spacial score (nSPS) is 28.3. The highest BCUT2D eigenvalue weighted by molar-refractivity contribution is 9.11. The molecule has 0 unspecified atom stereocenters. The van der Waals surface area contributed by atoms with Crippen LogP contribution < -0.4 is 5.73 Å². The van der Waals surface area contributed by atoms with Crippen molar-refractivity contribution >= 4 is 27.3 Å². The number of halogens is 1. The summed E-state index contributed by atoms with van der Waals surface area (Å²) in [5.41, 5.74) is 5.41. The van der Waals surface area contributed by atoms with E-state index >= 15 is 0 Å². The smallest absolute Gasteiger partial charge is 0.104 e. The lowest BCUT2D eigenvalue weighted by Crippen LogP contribution is -2.46. The van der Waals surface area contributed by atoms with Crippen molar-refractivity contribution in [2.75, 3.05) is 7.05 Å². The second-order valence-corrected chi connectivity index (χ2v) is 7.67. The minimum atomic E-state index is -0.580. The molecule has 1 aromatic heterocycles. The number of thiophene rings is 1. The maximum atomic E-state index is 9.02. The summed E-state index contributed by atoms with van der Waals surface area (Å²) >= 11 is 5.27. The Morgan fingerprint density at radius 1 is 1.56 bits per heavy atom. The van der Waals surface area contributed by atoms with Gasteiger partial charge < -0.3 is 5.73 Å². The zero-order valence-electron chi connectivity index (χ0n) is 10.5. The molecule has 2 N–H and O–H groups in total. The Kier molecular flexibility index (Phi) is 4.44. The minimum absolute atomic E-state index is 0.552. The van der Waals surface area contributed by atoms with Gasteiger partial charge in [0, 0.05) is 17.5 Å². The molecule has 0 saturated heterocycles. The molecule has 1 saturated carbocycles. The number of rotatable bonds is 3. The maximum Gasteiger partial charge on any atom is 0.104 e. The summed E-state index contributed by atoms with van der Waals surface area (Å²) in [6, 6.07) is 7.06. The molecule has 0 spiro atoms. The molecule has 1 aromatic rings. The summed E-state index contributed by atoms with van der Waals surface area (Å²) in [4.78, 5) is 3.75. The number of nitriles is 1. The molecule has 1 aliphatic carbocycles. The van der Waals surface area contributed by atoms with Gasteiger partial charge in [-0.1, -0.05) is 0 Å². The van der Waals surface area contributed by atoms with Crippen molar-refractivity contribution in [1.29, 1.82) is 5.26 Å². The highest BCUT2D eigenvalue weighted by atomic mass is 79.9. The lowest BCUT2D eigenvalue weighted by molar-refractivity contribution is 0.163. The predicted octanol–water partition coefficient (Wildman–Crippen LogP) is 3.11. The zero-order valence-corrected chi connectivity index (χ0v) is 12.9. The Morgan fingerprint density at radius 3 is 2.72 bits per heavy atom. The van der Waals surface area contributed by atoms with Crippen molar-refractivity contribution in [2.24, 2.45) is 5.73 Å². The van der Waals surface area contributed by atoms with E-state index in [2.05, 4.69) is 46.1 Å². The van der Waals surface area contributed by atoms with Crippen LogP contribution in [0.1, 0.15) is 30.6 Å². The Bertz CT molecular complexity index is 443. The summed E-state index contributed by atoms with van der Waals surface area (Å²) in [5, 5.41) is 9.02. The van der Waals surface area contributed by atoms with E-state index in [0.717, 1.165) is 32.2 Å². The minimum Gasteiger partial charge on any atom is -0.313 e. The molecule has 0 bridgehead atoms. The Hall–Kier alpha value is -0.410. The largest absolute Gasteiger partial charge is 0.313 e. The third kappa shape index (κ3) is 3.33. The molecule has 3 nitrogen and oxygen atoms in total. The predicted molar refractivity (Wildman–Crippen MR) is 78.3 cm³/mol. The van der Waals surface area contributed by atoms with Crippen molar-refractivity contribution in [1.82, 2.24) is 4.90 Å². The molecule has 5 heteroatoms. The van der Waals surface area contributed by atoms with Crippen molar-refractivity contribution in [2.45, 2.75) is 43.8 Å². The number of nitrogens with zero attached hydrogens (tertiary/aromatic N) is 2. The number of nitrogens with two attached hydrogens (primary N) is 1. The van der Waals surface area contributed by atoms with Crippen LogP contribution in [0.2, 0.25) is 0 Å². The van der Waals surface area contributed by atoms with Crippen LogP contribution in [0.5, 0.6) is 0 Å². The van der Waals surface area contributed by atoms with E-state index in [4.69, 9.17) is 11.0 Å². The summed E-state index contributed by atoms with van der Waals surface area (Å²) in [5.74, 6) is 0. The van der Waals surface area contributed by atoms with E-state index in [0.29, 0.717) is 6.04 Å². The van der Waals surface area contributed by atoms with Crippen molar-refractivity contribution in [3.05, 3.63) is 20.8 Å². The van der Waals surface area contributed by atoms with Crippen LogP contribution in [0.4, 0.5) is 0 Å². The lowest BCUT2D eigenvalue weighted by Gasteiger charge is -2.36. The van der Waals surface area contributed by atoms with Crippen molar-refractivity contribution in [3.8, 4) is 6.07 Å². The molecule has 1 aliphatic rings. The van der Waals surface area contributed by atoms with Gasteiger partial charge in [-0.3, -0.25) is 4.90 Å². The fourth-order valence-corrected chi connectivity index (χ4v) is 4.03. The van der Waals surface area contributed by atoms with Crippen molar-refractivity contribution in [3.63, 3.8) is 0 Å². The SMILES string of the molecule is CN(Cc1ccc(Br)s1)C1CCC(N)(C#N)CC1. The molecule has 2 rings (SSSR count). The average Bonchev–Trinajstić information content (AvgIpc) is 2.75. The second-order valence-electron chi connectivity index (χ2n) is 5.12. The Balaban J connectivity index is 1.88. The molecular formula is C13H18BrN3S.